The standard InChI is InChI=1S/C15H21NOS/c1-10(2)7-12-13-8-11(17-4)5-6-14(13)18-15(12)9-16-3/h5-6,8,10,16H,7,9H2,1-4H3. The Morgan fingerprint density at radius 3 is 2.72 bits per heavy atom. The van der Waals surface area contributed by atoms with Crippen LogP contribution in [0.25, 0.3) is 10.1 Å². The van der Waals surface area contributed by atoms with Gasteiger partial charge < -0.3 is 10.1 Å². The van der Waals surface area contributed by atoms with Crippen molar-refractivity contribution in [3.8, 4) is 5.75 Å². The first-order valence-electron chi connectivity index (χ1n) is 6.38. The molecule has 2 nitrogen and oxygen atoms in total. The molecule has 1 aromatic carbocycles. The Balaban J connectivity index is 2.54. The van der Waals surface area contributed by atoms with E-state index >= 15 is 0 Å². The van der Waals surface area contributed by atoms with Crippen molar-refractivity contribution in [2.45, 2.75) is 26.8 Å². The van der Waals surface area contributed by atoms with Crippen LogP contribution in [-0.2, 0) is 13.0 Å². The smallest absolute Gasteiger partial charge is 0.119 e. The van der Waals surface area contributed by atoms with Crippen molar-refractivity contribution in [2.24, 2.45) is 5.92 Å². The molecule has 1 aromatic heterocycles. The quantitative estimate of drug-likeness (QED) is 0.885. The van der Waals surface area contributed by atoms with Gasteiger partial charge in [0.15, 0.2) is 0 Å². The Kier molecular flexibility index (Phi) is 4.25. The van der Waals surface area contributed by atoms with Gasteiger partial charge in [-0.25, -0.2) is 0 Å². The molecule has 0 spiro atoms. The number of hydrogen-bond donors (Lipinski definition) is 1. The highest BCUT2D eigenvalue weighted by atomic mass is 32.1. The fourth-order valence-electron chi connectivity index (χ4n) is 2.24. The molecule has 0 unspecified atom stereocenters. The van der Waals surface area contributed by atoms with Crippen molar-refractivity contribution in [1.29, 1.82) is 0 Å². The van der Waals surface area contributed by atoms with Gasteiger partial charge in [-0.2, -0.15) is 0 Å². The van der Waals surface area contributed by atoms with Crippen molar-refractivity contribution >= 4 is 21.4 Å². The van der Waals surface area contributed by atoms with Crippen molar-refractivity contribution in [3.63, 3.8) is 0 Å². The largest absolute Gasteiger partial charge is 0.497 e. The molecule has 98 valence electrons. The molecule has 0 atom stereocenters. The van der Waals surface area contributed by atoms with E-state index in [9.17, 15) is 0 Å². The molecule has 0 saturated heterocycles. The van der Waals surface area contributed by atoms with E-state index < -0.39 is 0 Å². The predicted molar refractivity (Wildman–Crippen MR) is 79.7 cm³/mol. The normalized spacial score (nSPS) is 11.4. The van der Waals surface area contributed by atoms with E-state index in [1.54, 1.807) is 7.11 Å². The molecule has 1 heterocycles. The van der Waals surface area contributed by atoms with Crippen LogP contribution in [0.4, 0.5) is 0 Å². The molecule has 0 saturated carbocycles. The van der Waals surface area contributed by atoms with Gasteiger partial charge in [0.1, 0.15) is 5.75 Å². The number of methoxy groups -OCH3 is 1. The summed E-state index contributed by atoms with van der Waals surface area (Å²) in [5, 5.41) is 4.63. The molecule has 0 radical (unpaired) electrons. The summed E-state index contributed by atoms with van der Waals surface area (Å²) in [7, 11) is 3.73. The minimum atomic E-state index is 0.671. The van der Waals surface area contributed by atoms with Gasteiger partial charge in [-0.15, -0.1) is 11.3 Å². The minimum absolute atomic E-state index is 0.671. The molecule has 0 aliphatic carbocycles. The zero-order chi connectivity index (χ0) is 13.1. The van der Waals surface area contributed by atoms with Gasteiger partial charge in [-0.3, -0.25) is 0 Å². The maximum absolute atomic E-state index is 5.34. The number of benzene rings is 1. The summed E-state index contributed by atoms with van der Waals surface area (Å²) in [5.74, 6) is 1.62. The first-order chi connectivity index (χ1) is 8.65. The first kappa shape index (κ1) is 13.4. The van der Waals surface area contributed by atoms with Gasteiger partial charge in [-0.05, 0) is 48.5 Å². The van der Waals surface area contributed by atoms with Crippen LogP contribution in [0, 0.1) is 5.92 Å². The van der Waals surface area contributed by atoms with Crippen LogP contribution in [-0.4, -0.2) is 14.2 Å². The number of hydrogen-bond acceptors (Lipinski definition) is 3. The highest BCUT2D eigenvalue weighted by molar-refractivity contribution is 7.19. The molecular weight excluding hydrogens is 242 g/mol. The van der Waals surface area contributed by atoms with Gasteiger partial charge in [0, 0.05) is 16.1 Å². The number of fused-ring (bicyclic) bond motifs is 1. The van der Waals surface area contributed by atoms with Gasteiger partial charge in [0.05, 0.1) is 7.11 Å². The van der Waals surface area contributed by atoms with Crippen molar-refractivity contribution in [2.75, 3.05) is 14.2 Å². The topological polar surface area (TPSA) is 21.3 Å². The van der Waals surface area contributed by atoms with Crippen LogP contribution < -0.4 is 10.1 Å². The Labute approximate surface area is 113 Å². The molecule has 2 aromatic rings. The van der Waals surface area contributed by atoms with Crippen molar-refractivity contribution < 1.29 is 4.74 Å². The van der Waals surface area contributed by atoms with E-state index in [-0.39, 0.29) is 0 Å². The van der Waals surface area contributed by atoms with Gasteiger partial charge in [0.25, 0.3) is 0 Å². The second-order valence-electron chi connectivity index (χ2n) is 4.99. The molecule has 0 amide bonds. The zero-order valence-corrected chi connectivity index (χ0v) is 12.4. The molecule has 0 aliphatic rings. The molecule has 3 heteroatoms. The summed E-state index contributed by atoms with van der Waals surface area (Å²) in [6.07, 6.45) is 1.13. The van der Waals surface area contributed by atoms with E-state index in [0.717, 1.165) is 18.7 Å². The lowest BCUT2D eigenvalue weighted by Crippen LogP contribution is -2.06. The molecule has 0 fully saturated rings. The number of thiophene rings is 1. The SMILES string of the molecule is CNCc1sc2ccc(OC)cc2c1CC(C)C. The highest BCUT2D eigenvalue weighted by Gasteiger charge is 2.13. The fourth-order valence-corrected chi connectivity index (χ4v) is 3.47. The lowest BCUT2D eigenvalue weighted by atomic mass is 9.99. The molecule has 18 heavy (non-hydrogen) atoms. The van der Waals surface area contributed by atoms with E-state index in [1.807, 2.05) is 24.5 Å². The van der Waals surface area contributed by atoms with Crippen molar-refractivity contribution in [1.82, 2.24) is 5.32 Å². The van der Waals surface area contributed by atoms with Gasteiger partial charge in [-0.1, -0.05) is 13.8 Å². The van der Waals surface area contributed by atoms with Gasteiger partial charge >= 0.3 is 0 Å². The third kappa shape index (κ3) is 2.68. The molecular formula is C15H21NOS. The number of nitrogens with one attached hydrogen (secondary N) is 1. The lowest BCUT2D eigenvalue weighted by molar-refractivity contribution is 0.415. The van der Waals surface area contributed by atoms with Crippen LogP contribution in [0.3, 0.4) is 0 Å². The maximum atomic E-state index is 5.34. The fraction of sp³-hybridized carbons (Fsp3) is 0.467. The first-order valence-corrected chi connectivity index (χ1v) is 7.20. The van der Waals surface area contributed by atoms with Gasteiger partial charge in [0.2, 0.25) is 0 Å². The van der Waals surface area contributed by atoms with Crippen LogP contribution >= 0.6 is 11.3 Å². The average Bonchev–Trinajstić information content (AvgIpc) is 2.67. The monoisotopic (exact) mass is 263 g/mol. The summed E-state index contributed by atoms with van der Waals surface area (Å²) in [6.45, 7) is 5.49. The zero-order valence-electron chi connectivity index (χ0n) is 11.5. The molecule has 0 aliphatic heterocycles. The van der Waals surface area contributed by atoms with E-state index in [1.165, 1.54) is 20.5 Å². The van der Waals surface area contributed by atoms with Crippen LogP contribution in [0.2, 0.25) is 0 Å². The summed E-state index contributed by atoms with van der Waals surface area (Å²) < 4.78 is 6.70. The predicted octanol–water partition coefficient (Wildman–Crippen LogP) is 3.83. The second-order valence-corrected chi connectivity index (χ2v) is 6.13. The Hall–Kier alpha value is -1.06. The summed E-state index contributed by atoms with van der Waals surface area (Å²) in [4.78, 5) is 1.45. The second kappa shape index (κ2) is 5.72. The average molecular weight is 263 g/mol. The molecule has 1 N–H and O–H groups in total. The summed E-state index contributed by atoms with van der Waals surface area (Å²) in [5.41, 5.74) is 1.48. The maximum Gasteiger partial charge on any atom is 0.119 e. The third-order valence-electron chi connectivity index (χ3n) is 3.03. The van der Waals surface area contributed by atoms with Crippen LogP contribution in [0.15, 0.2) is 18.2 Å². The highest BCUT2D eigenvalue weighted by Crippen LogP contribution is 2.35. The number of rotatable bonds is 5. The summed E-state index contributed by atoms with van der Waals surface area (Å²) in [6, 6.07) is 6.38. The van der Waals surface area contributed by atoms with Crippen molar-refractivity contribution in [3.05, 3.63) is 28.6 Å². The van der Waals surface area contributed by atoms with Crippen LogP contribution in [0.5, 0.6) is 5.75 Å². The third-order valence-corrected chi connectivity index (χ3v) is 4.24. The Morgan fingerprint density at radius 1 is 1.33 bits per heavy atom. The van der Waals surface area contributed by atoms with E-state index in [0.29, 0.717) is 5.92 Å². The van der Waals surface area contributed by atoms with E-state index in [4.69, 9.17) is 4.74 Å². The summed E-state index contributed by atoms with van der Waals surface area (Å²) >= 11 is 1.89. The minimum Gasteiger partial charge on any atom is -0.497 e. The number of ether oxygens (including phenoxy) is 1. The van der Waals surface area contributed by atoms with E-state index in [2.05, 4.69) is 31.3 Å². The van der Waals surface area contributed by atoms with Crippen LogP contribution in [0.1, 0.15) is 24.3 Å². The molecule has 2 rings (SSSR count). The lowest BCUT2D eigenvalue weighted by Gasteiger charge is -2.08. The Morgan fingerprint density at radius 2 is 2.11 bits per heavy atom. The Bertz CT molecular complexity index is 531. The molecule has 0 bridgehead atoms.